The number of nitrogens with one attached hydrogen (secondary N) is 1. The smallest absolute Gasteiger partial charge is 0.220 e. The van der Waals surface area contributed by atoms with Gasteiger partial charge in [0.05, 0.1) is 32.0 Å². The molecule has 100 heavy (non-hydrogen) atoms. The van der Waals surface area contributed by atoms with Gasteiger partial charge < -0.3 is 65.1 Å². The molecule has 0 aromatic heterocycles. The van der Waals surface area contributed by atoms with E-state index in [2.05, 4.69) is 141 Å². The summed E-state index contributed by atoms with van der Waals surface area (Å²) in [5, 5.41) is 87.6. The van der Waals surface area contributed by atoms with Crippen molar-refractivity contribution in [1.82, 2.24) is 5.32 Å². The minimum absolute atomic E-state index is 0.254. The van der Waals surface area contributed by atoms with Crippen LogP contribution in [0.4, 0.5) is 0 Å². The van der Waals surface area contributed by atoms with Crippen LogP contribution in [-0.4, -0.2) is 140 Å². The van der Waals surface area contributed by atoms with Crippen molar-refractivity contribution in [2.45, 2.75) is 383 Å². The fraction of sp³-hybridized carbons (Fsp3) is 0.733. The molecule has 2 rings (SSSR count). The molecule has 0 aromatic rings. The van der Waals surface area contributed by atoms with Crippen molar-refractivity contribution in [3.63, 3.8) is 0 Å². The maximum absolute atomic E-state index is 13.4. The van der Waals surface area contributed by atoms with Crippen LogP contribution >= 0.6 is 0 Å². The van der Waals surface area contributed by atoms with E-state index in [0.717, 1.165) is 96.3 Å². The first-order valence-electron chi connectivity index (χ1n) is 40.4. The molecule has 0 aliphatic carbocycles. The van der Waals surface area contributed by atoms with E-state index in [0.29, 0.717) is 12.8 Å². The van der Waals surface area contributed by atoms with Crippen LogP contribution in [0.2, 0.25) is 0 Å². The highest BCUT2D eigenvalue weighted by Crippen LogP contribution is 2.30. The number of aliphatic hydroxyl groups excluding tert-OH is 8. The van der Waals surface area contributed by atoms with Gasteiger partial charge in [-0.15, -0.1) is 0 Å². The standard InChI is InChI=1S/C86H147NO13/c1-3-5-7-9-11-13-15-17-19-21-23-25-27-29-30-31-32-33-34-35-36-37-38-39-40-41-42-43-44-46-48-50-52-54-56-58-60-62-64-66-68-70-78(91)87-74(73-97-85-83(96)81(94)84(77(72-89)99-85)100-86-82(95)80(93)79(92)76(71-88)98-86)75(90)69-67-65-63-61-59-57-55-53-51-49-47-45-28-26-24-22-20-18-16-14-12-10-8-6-4-2/h5,7,11,13,17,19,23,25,29-30,32-33,35-36,38-39,51,53,59,61,67,69,74-77,79-86,88-90,92-96H,3-4,6,8-10,12,14-16,18,20-22,24,26-28,31,34,37,40-50,52,54-58,60,62-66,68,70-73H2,1-2H3,(H,87,91)/b7-5-,13-11-,19-17-,25-23-,30-29-,33-32-,36-35-,39-38-,53-51+,61-59+,69-67+. The molecule has 0 spiro atoms. The van der Waals surface area contributed by atoms with Crippen molar-refractivity contribution in [3.8, 4) is 0 Å². The largest absolute Gasteiger partial charge is 0.394 e. The Kier molecular flexibility index (Phi) is 62.9. The van der Waals surface area contributed by atoms with E-state index < -0.39 is 86.8 Å². The van der Waals surface area contributed by atoms with E-state index in [4.69, 9.17) is 18.9 Å². The predicted molar refractivity (Wildman–Crippen MR) is 415 cm³/mol. The number of aliphatic hydroxyl groups is 8. The van der Waals surface area contributed by atoms with Crippen LogP contribution in [0.15, 0.2) is 134 Å². The van der Waals surface area contributed by atoms with Crippen molar-refractivity contribution in [1.29, 1.82) is 0 Å². The summed E-state index contributed by atoms with van der Waals surface area (Å²) in [7, 11) is 0. The number of rotatable bonds is 66. The molecule has 12 atom stereocenters. The van der Waals surface area contributed by atoms with Gasteiger partial charge in [0.2, 0.25) is 5.91 Å². The first kappa shape index (κ1) is 92.2. The number of hydrogen-bond donors (Lipinski definition) is 9. The van der Waals surface area contributed by atoms with Crippen LogP contribution in [0.3, 0.4) is 0 Å². The summed E-state index contributed by atoms with van der Waals surface area (Å²) in [4.78, 5) is 13.4. The van der Waals surface area contributed by atoms with Gasteiger partial charge in [-0.25, -0.2) is 0 Å². The fourth-order valence-electron chi connectivity index (χ4n) is 12.5. The third kappa shape index (κ3) is 50.5. The zero-order valence-electron chi connectivity index (χ0n) is 62.9. The topological polar surface area (TPSA) is 228 Å². The third-order valence-electron chi connectivity index (χ3n) is 18.8. The molecule has 14 heteroatoms. The lowest BCUT2D eigenvalue weighted by Gasteiger charge is -2.46. The lowest BCUT2D eigenvalue weighted by atomic mass is 9.97. The molecule has 12 unspecified atom stereocenters. The van der Waals surface area contributed by atoms with E-state index in [-0.39, 0.29) is 18.9 Å². The molecular formula is C86H147NO13. The molecule has 0 bridgehead atoms. The van der Waals surface area contributed by atoms with E-state index in [1.807, 2.05) is 6.08 Å². The van der Waals surface area contributed by atoms with E-state index in [1.54, 1.807) is 6.08 Å². The van der Waals surface area contributed by atoms with Gasteiger partial charge in [0.1, 0.15) is 48.8 Å². The monoisotopic (exact) mass is 1400 g/mol. The molecular weight excluding hydrogens is 1250 g/mol. The number of amides is 1. The molecule has 9 N–H and O–H groups in total. The van der Waals surface area contributed by atoms with Crippen LogP contribution in [-0.2, 0) is 23.7 Å². The lowest BCUT2D eigenvalue weighted by Crippen LogP contribution is -2.65. The van der Waals surface area contributed by atoms with Gasteiger partial charge >= 0.3 is 0 Å². The molecule has 2 fully saturated rings. The predicted octanol–water partition coefficient (Wildman–Crippen LogP) is 18.6. The number of ether oxygens (including phenoxy) is 4. The molecule has 574 valence electrons. The van der Waals surface area contributed by atoms with Crippen LogP contribution in [0.1, 0.15) is 309 Å². The Labute approximate surface area is 609 Å². The maximum Gasteiger partial charge on any atom is 0.220 e. The first-order chi connectivity index (χ1) is 49.1. The second-order valence-corrected chi connectivity index (χ2v) is 27.8. The minimum atomic E-state index is -1.80. The van der Waals surface area contributed by atoms with Crippen molar-refractivity contribution < 1.29 is 64.6 Å². The van der Waals surface area contributed by atoms with Gasteiger partial charge in [-0.2, -0.15) is 0 Å². The number of allylic oxidation sites excluding steroid dienone is 21. The highest BCUT2D eigenvalue weighted by molar-refractivity contribution is 5.76. The molecule has 14 nitrogen and oxygen atoms in total. The van der Waals surface area contributed by atoms with Crippen molar-refractivity contribution in [2.75, 3.05) is 19.8 Å². The molecule has 0 saturated carbocycles. The van der Waals surface area contributed by atoms with Crippen LogP contribution < -0.4 is 5.32 Å². The molecule has 2 heterocycles. The van der Waals surface area contributed by atoms with E-state index in [9.17, 15) is 45.6 Å². The summed E-state index contributed by atoms with van der Waals surface area (Å²) in [6, 6.07) is -0.947. The zero-order chi connectivity index (χ0) is 72.2. The Bertz CT molecular complexity index is 2200. The number of hydrogen-bond acceptors (Lipinski definition) is 13. The Hall–Kier alpha value is -3.87. The minimum Gasteiger partial charge on any atom is -0.394 e. The summed E-state index contributed by atoms with van der Waals surface area (Å²) in [6.07, 6.45) is 85.3. The normalized spacial score (nSPS) is 22.6. The molecule has 2 saturated heterocycles. The zero-order valence-corrected chi connectivity index (χ0v) is 62.9. The van der Waals surface area contributed by atoms with Crippen LogP contribution in [0.5, 0.6) is 0 Å². The van der Waals surface area contributed by atoms with E-state index >= 15 is 0 Å². The molecule has 2 aliphatic heterocycles. The summed E-state index contributed by atoms with van der Waals surface area (Å²) >= 11 is 0. The Morgan fingerprint density at radius 3 is 1.10 bits per heavy atom. The Balaban J connectivity index is 1.61. The van der Waals surface area contributed by atoms with Gasteiger partial charge in [-0.05, 0) is 109 Å². The Morgan fingerprint density at radius 1 is 0.370 bits per heavy atom. The van der Waals surface area contributed by atoms with Gasteiger partial charge in [0, 0.05) is 6.42 Å². The Morgan fingerprint density at radius 2 is 0.700 bits per heavy atom. The fourth-order valence-corrected chi connectivity index (χ4v) is 12.5. The average Bonchev–Trinajstić information content (AvgIpc) is 0.791. The van der Waals surface area contributed by atoms with Crippen LogP contribution in [0.25, 0.3) is 0 Å². The quantitative estimate of drug-likeness (QED) is 0.0204. The number of carbonyl (C=O) groups excluding carboxylic acids is 1. The second kappa shape index (κ2) is 68.3. The molecule has 0 radical (unpaired) electrons. The molecule has 1 amide bonds. The highest BCUT2D eigenvalue weighted by atomic mass is 16.7. The van der Waals surface area contributed by atoms with Crippen molar-refractivity contribution in [3.05, 3.63) is 134 Å². The summed E-state index contributed by atoms with van der Waals surface area (Å²) in [5.74, 6) is -0.254. The van der Waals surface area contributed by atoms with Gasteiger partial charge in [0.25, 0.3) is 0 Å². The summed E-state index contributed by atoms with van der Waals surface area (Å²) in [6.45, 7) is 2.69. The summed E-state index contributed by atoms with van der Waals surface area (Å²) < 4.78 is 22.9. The summed E-state index contributed by atoms with van der Waals surface area (Å²) in [5.41, 5.74) is 0. The average molecular weight is 1400 g/mol. The molecule has 2 aliphatic rings. The van der Waals surface area contributed by atoms with Gasteiger partial charge in [-0.1, -0.05) is 327 Å². The van der Waals surface area contributed by atoms with Crippen LogP contribution in [0, 0.1) is 0 Å². The van der Waals surface area contributed by atoms with E-state index in [1.165, 1.54) is 180 Å². The lowest BCUT2D eigenvalue weighted by molar-refractivity contribution is -0.359. The van der Waals surface area contributed by atoms with Crippen molar-refractivity contribution in [2.24, 2.45) is 0 Å². The van der Waals surface area contributed by atoms with Gasteiger partial charge in [-0.3, -0.25) is 4.79 Å². The highest BCUT2D eigenvalue weighted by Gasteiger charge is 2.51. The number of unbranched alkanes of at least 4 members (excludes halogenated alkanes) is 33. The SMILES string of the molecule is CC/C=C\C/C=C\C/C=C\C/C=C\C/C=C\C/C=C\C/C=C\C/C=C\CCCCCCCCCCCCCCCCCCC(=O)NC(COC1OC(CO)C(OC2OC(CO)C(O)C(O)C2O)C(O)C1O)C(O)/C=C/CC/C=C/CC/C=C/CCCCCCCCCCCCCCCCC. The molecule has 0 aromatic carbocycles. The van der Waals surface area contributed by atoms with Crippen molar-refractivity contribution >= 4 is 5.91 Å². The second-order valence-electron chi connectivity index (χ2n) is 27.8. The third-order valence-corrected chi connectivity index (χ3v) is 18.8. The number of carbonyl (C=O) groups is 1. The van der Waals surface area contributed by atoms with Gasteiger partial charge in [0.15, 0.2) is 12.6 Å². The maximum atomic E-state index is 13.4. The first-order valence-corrected chi connectivity index (χ1v) is 40.4.